The van der Waals surface area contributed by atoms with Crippen LogP contribution in [0.25, 0.3) is 0 Å². The van der Waals surface area contributed by atoms with Crippen molar-refractivity contribution in [3.05, 3.63) is 65.0 Å². The average Bonchev–Trinajstić information content (AvgIpc) is 2.45. The van der Waals surface area contributed by atoms with E-state index in [1.165, 1.54) is 19.1 Å². The zero-order valence-corrected chi connectivity index (χ0v) is 11.0. The van der Waals surface area contributed by atoms with E-state index < -0.39 is 11.9 Å². The lowest BCUT2D eigenvalue weighted by Gasteiger charge is -2.10. The predicted octanol–water partition coefficient (Wildman–Crippen LogP) is 3.33. The molecule has 20 heavy (non-hydrogen) atoms. The molecule has 0 aliphatic carbocycles. The number of benzene rings is 2. The third-order valence-electron chi connectivity index (χ3n) is 2.91. The number of ether oxygens (including phenoxy) is 1. The number of nitriles is 1. The smallest absolute Gasteiger partial charge is 0.132 e. The molecule has 0 spiro atoms. The molecular formula is C16H14FNO2. The van der Waals surface area contributed by atoms with Gasteiger partial charge in [0.1, 0.15) is 18.2 Å². The molecule has 2 aromatic rings. The third-order valence-corrected chi connectivity index (χ3v) is 2.91. The Balaban J connectivity index is 2.03. The summed E-state index contributed by atoms with van der Waals surface area (Å²) in [6.45, 7) is 1.80. The van der Waals surface area contributed by atoms with Crippen LogP contribution in [0.2, 0.25) is 0 Å². The van der Waals surface area contributed by atoms with Crippen LogP contribution in [0.4, 0.5) is 4.39 Å². The molecule has 0 bridgehead atoms. The van der Waals surface area contributed by atoms with Gasteiger partial charge in [-0.05, 0) is 36.8 Å². The van der Waals surface area contributed by atoms with Crippen LogP contribution >= 0.6 is 0 Å². The minimum atomic E-state index is -0.845. The van der Waals surface area contributed by atoms with Crippen LogP contribution in [0.5, 0.6) is 5.75 Å². The van der Waals surface area contributed by atoms with E-state index in [1.54, 1.807) is 30.3 Å². The van der Waals surface area contributed by atoms with Gasteiger partial charge in [0.15, 0.2) is 0 Å². The maximum atomic E-state index is 13.6. The molecule has 0 amide bonds. The molecule has 4 heteroatoms. The molecule has 0 radical (unpaired) electrons. The van der Waals surface area contributed by atoms with Crippen molar-refractivity contribution in [3.8, 4) is 11.8 Å². The van der Waals surface area contributed by atoms with Gasteiger partial charge < -0.3 is 9.84 Å². The Labute approximate surface area is 116 Å². The Morgan fingerprint density at radius 2 is 1.95 bits per heavy atom. The number of hydrogen-bond acceptors (Lipinski definition) is 3. The number of halogens is 1. The van der Waals surface area contributed by atoms with E-state index in [1.807, 2.05) is 6.07 Å². The highest BCUT2D eigenvalue weighted by atomic mass is 19.1. The molecule has 0 saturated carbocycles. The minimum Gasteiger partial charge on any atom is -0.489 e. The summed E-state index contributed by atoms with van der Waals surface area (Å²) in [7, 11) is 0. The number of aliphatic hydroxyl groups is 1. The Kier molecular flexibility index (Phi) is 4.34. The molecule has 2 aromatic carbocycles. The third kappa shape index (κ3) is 3.34. The fourth-order valence-corrected chi connectivity index (χ4v) is 1.78. The van der Waals surface area contributed by atoms with Crippen LogP contribution < -0.4 is 4.74 Å². The van der Waals surface area contributed by atoms with E-state index >= 15 is 0 Å². The van der Waals surface area contributed by atoms with Crippen molar-refractivity contribution in [1.29, 1.82) is 5.26 Å². The van der Waals surface area contributed by atoms with Crippen LogP contribution in [-0.4, -0.2) is 5.11 Å². The summed E-state index contributed by atoms with van der Waals surface area (Å²) in [6.07, 6.45) is -0.845. The first kappa shape index (κ1) is 14.0. The van der Waals surface area contributed by atoms with Crippen LogP contribution in [0, 0.1) is 17.1 Å². The minimum absolute atomic E-state index is 0.246. The number of rotatable bonds is 4. The van der Waals surface area contributed by atoms with Crippen molar-refractivity contribution < 1.29 is 14.2 Å². The highest BCUT2D eigenvalue weighted by Crippen LogP contribution is 2.22. The number of hydrogen-bond donors (Lipinski definition) is 1. The highest BCUT2D eigenvalue weighted by Gasteiger charge is 2.09. The summed E-state index contributed by atoms with van der Waals surface area (Å²) >= 11 is 0. The van der Waals surface area contributed by atoms with E-state index in [-0.39, 0.29) is 5.56 Å². The van der Waals surface area contributed by atoms with Gasteiger partial charge >= 0.3 is 0 Å². The molecule has 0 aliphatic rings. The largest absolute Gasteiger partial charge is 0.489 e. The Hall–Kier alpha value is -2.38. The van der Waals surface area contributed by atoms with Gasteiger partial charge in [0, 0.05) is 11.6 Å². The topological polar surface area (TPSA) is 53.2 Å². The lowest BCUT2D eigenvalue weighted by molar-refractivity contribution is 0.194. The quantitative estimate of drug-likeness (QED) is 0.928. The zero-order chi connectivity index (χ0) is 14.5. The van der Waals surface area contributed by atoms with Crippen LogP contribution in [0.3, 0.4) is 0 Å². The monoisotopic (exact) mass is 271 g/mol. The van der Waals surface area contributed by atoms with Crippen molar-refractivity contribution in [2.45, 2.75) is 19.6 Å². The van der Waals surface area contributed by atoms with Gasteiger partial charge in [0.2, 0.25) is 0 Å². The molecule has 0 saturated heterocycles. The van der Waals surface area contributed by atoms with Crippen molar-refractivity contribution in [1.82, 2.24) is 0 Å². The summed E-state index contributed by atoms with van der Waals surface area (Å²) in [4.78, 5) is 0. The van der Waals surface area contributed by atoms with Gasteiger partial charge in [-0.1, -0.05) is 12.1 Å². The molecule has 102 valence electrons. The Morgan fingerprint density at radius 3 is 2.50 bits per heavy atom. The normalized spacial score (nSPS) is 11.7. The molecule has 0 aliphatic heterocycles. The lowest BCUT2D eigenvalue weighted by Crippen LogP contribution is -1.99. The summed E-state index contributed by atoms with van der Waals surface area (Å²) in [5.74, 6) is -0.0893. The van der Waals surface area contributed by atoms with Crippen molar-refractivity contribution in [3.63, 3.8) is 0 Å². The fraction of sp³-hybridized carbons (Fsp3) is 0.188. The molecule has 0 aromatic heterocycles. The predicted molar refractivity (Wildman–Crippen MR) is 72.5 cm³/mol. The average molecular weight is 271 g/mol. The van der Waals surface area contributed by atoms with Gasteiger partial charge in [0.05, 0.1) is 17.7 Å². The van der Waals surface area contributed by atoms with E-state index in [4.69, 9.17) is 10.00 Å². The molecule has 1 N–H and O–H groups in total. The van der Waals surface area contributed by atoms with Gasteiger partial charge in [-0.2, -0.15) is 5.26 Å². The summed E-state index contributed by atoms with van der Waals surface area (Å²) in [5.41, 5.74) is 1.72. The number of aliphatic hydroxyl groups excluding tert-OH is 1. The second-order valence-electron chi connectivity index (χ2n) is 4.46. The van der Waals surface area contributed by atoms with Gasteiger partial charge in [0.25, 0.3) is 0 Å². The maximum absolute atomic E-state index is 13.6. The second kappa shape index (κ2) is 6.18. The van der Waals surface area contributed by atoms with Gasteiger partial charge in [-0.25, -0.2) is 4.39 Å². The van der Waals surface area contributed by atoms with E-state index in [0.717, 1.165) is 5.56 Å². The summed E-state index contributed by atoms with van der Waals surface area (Å²) < 4.78 is 19.1. The SMILES string of the molecule is C[C@@H](O)c1ccc(OCc2ccc(C#N)cc2)cc1F. The van der Waals surface area contributed by atoms with Crippen molar-refractivity contribution >= 4 is 0 Å². The first-order valence-corrected chi connectivity index (χ1v) is 6.19. The zero-order valence-electron chi connectivity index (χ0n) is 11.0. The first-order chi connectivity index (χ1) is 9.60. The number of nitrogens with zero attached hydrogens (tertiary/aromatic N) is 1. The Morgan fingerprint density at radius 1 is 1.25 bits per heavy atom. The van der Waals surface area contributed by atoms with E-state index in [0.29, 0.717) is 17.9 Å². The molecule has 2 rings (SSSR count). The van der Waals surface area contributed by atoms with Crippen molar-refractivity contribution in [2.24, 2.45) is 0 Å². The fourth-order valence-electron chi connectivity index (χ4n) is 1.78. The lowest BCUT2D eigenvalue weighted by atomic mass is 10.1. The highest BCUT2D eigenvalue weighted by molar-refractivity contribution is 5.33. The molecule has 1 atom stereocenters. The van der Waals surface area contributed by atoms with E-state index in [9.17, 15) is 9.50 Å². The molecule has 0 fully saturated rings. The summed E-state index contributed by atoms with van der Waals surface area (Å²) in [5, 5.41) is 18.0. The molecule has 0 unspecified atom stereocenters. The van der Waals surface area contributed by atoms with Crippen LogP contribution in [0.15, 0.2) is 42.5 Å². The van der Waals surface area contributed by atoms with E-state index in [2.05, 4.69) is 0 Å². The molecule has 0 heterocycles. The van der Waals surface area contributed by atoms with Gasteiger partial charge in [-0.3, -0.25) is 0 Å². The standard InChI is InChI=1S/C16H14FNO2/c1-11(19)15-7-6-14(8-16(15)17)20-10-13-4-2-12(9-18)3-5-13/h2-8,11,19H,10H2,1H3/t11-/m1/s1. The molecule has 3 nitrogen and oxygen atoms in total. The van der Waals surface area contributed by atoms with Gasteiger partial charge in [-0.15, -0.1) is 0 Å². The maximum Gasteiger partial charge on any atom is 0.132 e. The first-order valence-electron chi connectivity index (χ1n) is 6.19. The summed E-state index contributed by atoms with van der Waals surface area (Å²) in [6, 6.07) is 13.4. The van der Waals surface area contributed by atoms with Crippen LogP contribution in [-0.2, 0) is 6.61 Å². The Bertz CT molecular complexity index is 630. The van der Waals surface area contributed by atoms with Crippen LogP contribution in [0.1, 0.15) is 29.7 Å². The van der Waals surface area contributed by atoms with Crippen molar-refractivity contribution in [2.75, 3.05) is 0 Å². The second-order valence-corrected chi connectivity index (χ2v) is 4.46. The molecular weight excluding hydrogens is 257 g/mol.